The largest absolute Gasteiger partial charge is 0.507 e. The summed E-state index contributed by atoms with van der Waals surface area (Å²) in [6, 6.07) is 3.97. The molecule has 1 fully saturated rings. The highest BCUT2D eigenvalue weighted by Gasteiger charge is 2.38. The predicted molar refractivity (Wildman–Crippen MR) is 128 cm³/mol. The number of carbonyl (C=O) groups excluding carboxylic acids is 1. The van der Waals surface area contributed by atoms with Crippen molar-refractivity contribution in [3.8, 4) is 5.75 Å². The van der Waals surface area contributed by atoms with Crippen LogP contribution in [0.4, 0.5) is 4.39 Å². The molecule has 1 aliphatic rings. The van der Waals surface area contributed by atoms with E-state index in [9.17, 15) is 18.9 Å². The Morgan fingerprint density at radius 3 is 2.55 bits per heavy atom. The minimum atomic E-state index is -1.70. The number of benzene rings is 1. The highest BCUT2D eigenvalue weighted by molar-refractivity contribution is 7.84. The second kappa shape index (κ2) is 10.1. The van der Waals surface area contributed by atoms with E-state index in [4.69, 9.17) is 28.3 Å². The van der Waals surface area contributed by atoms with Crippen LogP contribution in [-0.4, -0.2) is 42.9 Å². The first kappa shape index (κ1) is 25.7. The molecule has 1 saturated heterocycles. The normalized spacial score (nSPS) is 17.1. The van der Waals surface area contributed by atoms with Crippen LogP contribution in [0.15, 0.2) is 29.2 Å². The minimum absolute atomic E-state index is 0.0216. The van der Waals surface area contributed by atoms with Gasteiger partial charge in [-0.2, -0.15) is 0 Å². The summed E-state index contributed by atoms with van der Waals surface area (Å²) in [4.78, 5) is 28.2. The Bertz CT molecular complexity index is 1110. The molecule has 1 aromatic heterocycles. The molecule has 2 atom stereocenters. The van der Waals surface area contributed by atoms with E-state index in [0.29, 0.717) is 31.5 Å². The van der Waals surface area contributed by atoms with Crippen LogP contribution in [0.1, 0.15) is 54.9 Å². The Morgan fingerprint density at radius 1 is 1.36 bits per heavy atom. The number of phenolic OH excluding ortho intramolecular Hbond substituents is 1. The number of amides is 1. The van der Waals surface area contributed by atoms with Gasteiger partial charge < -0.3 is 15.0 Å². The Labute approximate surface area is 203 Å². The average Bonchev–Trinajstić information content (AvgIpc) is 2.77. The number of nitrogens with one attached hydrogen (secondary N) is 1. The number of aromatic nitrogens is 1. The molecule has 1 unspecified atom stereocenters. The third-order valence-corrected chi connectivity index (χ3v) is 8.25. The van der Waals surface area contributed by atoms with Gasteiger partial charge in [0.05, 0.1) is 31.3 Å². The van der Waals surface area contributed by atoms with Crippen LogP contribution >= 0.6 is 23.2 Å². The average molecular weight is 518 g/mol. The molecule has 3 rings (SSSR count). The van der Waals surface area contributed by atoms with Crippen LogP contribution in [-0.2, 0) is 11.0 Å². The smallest absolute Gasteiger partial charge is 0.255 e. The lowest BCUT2D eigenvalue weighted by atomic mass is 9.75. The molecule has 0 saturated carbocycles. The number of halogens is 3. The molecule has 2 aromatic rings. The van der Waals surface area contributed by atoms with Crippen LogP contribution in [0, 0.1) is 11.7 Å². The fourth-order valence-electron chi connectivity index (χ4n) is 4.30. The van der Waals surface area contributed by atoms with Crippen molar-refractivity contribution in [3.05, 3.63) is 61.7 Å². The maximum Gasteiger partial charge on any atom is 0.255 e. The van der Waals surface area contributed by atoms with Gasteiger partial charge in [-0.1, -0.05) is 23.2 Å². The summed E-state index contributed by atoms with van der Waals surface area (Å²) < 4.78 is 26.5. The Balaban J connectivity index is 1.88. The Kier molecular flexibility index (Phi) is 7.88. The summed E-state index contributed by atoms with van der Waals surface area (Å²) in [5.41, 5.74) is 0.0993. The Hall–Kier alpha value is -1.94. The maximum absolute atomic E-state index is 15.2. The number of pyridine rings is 1. The minimum Gasteiger partial charge on any atom is -0.507 e. The molecule has 1 amide bonds. The summed E-state index contributed by atoms with van der Waals surface area (Å²) in [6.07, 6.45) is 2.65. The lowest BCUT2D eigenvalue weighted by Crippen LogP contribution is -2.42. The molecule has 4 N–H and O–H groups in total. The number of aromatic hydroxyl groups is 1. The number of H-pyrrole nitrogens is 1. The number of aromatic amines is 1. The van der Waals surface area contributed by atoms with Crippen LogP contribution < -0.4 is 10.7 Å². The maximum atomic E-state index is 15.2. The van der Waals surface area contributed by atoms with Gasteiger partial charge in [0.2, 0.25) is 5.56 Å². The van der Waals surface area contributed by atoms with E-state index < -0.39 is 27.5 Å². The molecule has 0 bridgehead atoms. The number of rotatable bonds is 6. The van der Waals surface area contributed by atoms with Gasteiger partial charge in [-0.15, -0.1) is 0 Å². The molecular formula is C22H26Cl2FN3O4S. The first-order chi connectivity index (χ1) is 15.4. The number of nitrogens with zero attached hydrogens (tertiary/aromatic N) is 1. The molecule has 11 heteroatoms. The highest BCUT2D eigenvalue weighted by atomic mass is 35.5. The van der Waals surface area contributed by atoms with E-state index >= 15 is 4.39 Å². The molecule has 1 aromatic carbocycles. The summed E-state index contributed by atoms with van der Waals surface area (Å²) in [5, 5.41) is 15.9. The van der Waals surface area contributed by atoms with Gasteiger partial charge in [0.15, 0.2) is 0 Å². The van der Waals surface area contributed by atoms with Crippen LogP contribution in [0.25, 0.3) is 0 Å². The lowest BCUT2D eigenvalue weighted by molar-refractivity contribution is 0.0671. The molecule has 33 heavy (non-hydrogen) atoms. The third-order valence-electron chi connectivity index (χ3n) is 6.23. The molecule has 0 spiro atoms. The highest BCUT2D eigenvalue weighted by Crippen LogP contribution is 2.46. The van der Waals surface area contributed by atoms with Crippen LogP contribution in [0.2, 0.25) is 10.0 Å². The number of hydrogen-bond acceptors (Lipinski definition) is 4. The molecule has 2 heterocycles. The summed E-state index contributed by atoms with van der Waals surface area (Å²) in [5.74, 6) is -2.03. The van der Waals surface area contributed by atoms with E-state index in [-0.39, 0.29) is 45.2 Å². The van der Waals surface area contributed by atoms with Crippen molar-refractivity contribution in [3.63, 3.8) is 0 Å². The number of piperidine rings is 1. The zero-order valence-electron chi connectivity index (χ0n) is 18.2. The fourth-order valence-corrected chi connectivity index (χ4v) is 4.98. The van der Waals surface area contributed by atoms with Crippen molar-refractivity contribution in [1.82, 2.24) is 9.88 Å². The molecule has 0 radical (unpaired) electrons. The van der Waals surface area contributed by atoms with Gasteiger partial charge in [-0.05, 0) is 51.0 Å². The van der Waals surface area contributed by atoms with Crippen molar-refractivity contribution in [2.45, 2.75) is 43.8 Å². The monoisotopic (exact) mass is 517 g/mol. The zero-order valence-corrected chi connectivity index (χ0v) is 20.6. The van der Waals surface area contributed by atoms with Crippen molar-refractivity contribution in [1.29, 1.82) is 0 Å². The first-order valence-corrected chi connectivity index (χ1v) is 12.4. The quantitative estimate of drug-likeness (QED) is 0.502. The fraction of sp³-hybridized carbons (Fsp3) is 0.455. The van der Waals surface area contributed by atoms with Crippen molar-refractivity contribution in [2.75, 3.05) is 13.1 Å². The van der Waals surface area contributed by atoms with Crippen LogP contribution in [0.3, 0.4) is 0 Å². The third kappa shape index (κ3) is 5.59. The van der Waals surface area contributed by atoms with E-state index in [1.54, 1.807) is 18.7 Å². The lowest BCUT2D eigenvalue weighted by Gasteiger charge is -2.39. The van der Waals surface area contributed by atoms with Gasteiger partial charge >= 0.3 is 0 Å². The van der Waals surface area contributed by atoms with E-state index in [2.05, 4.69) is 4.98 Å². The number of likely N-dealkylation sites (tertiary alicyclic amines) is 1. The second-order valence-electron chi connectivity index (χ2n) is 8.86. The second-order valence-corrected chi connectivity index (χ2v) is 11.3. The topological polar surface area (TPSA) is 116 Å². The first-order valence-electron chi connectivity index (χ1n) is 10.4. The van der Waals surface area contributed by atoms with Gasteiger partial charge in [0, 0.05) is 37.0 Å². The SMILES string of the molecule is CC(C)(C[C@@H](c1c(O)cc(Cl)c(Cl)c1F)C1CCN(C(=O)c2ccc(=O)[nH]c2)CC1)S(N)=O. The van der Waals surface area contributed by atoms with Gasteiger partial charge in [-0.3, -0.25) is 14.7 Å². The van der Waals surface area contributed by atoms with Crippen molar-refractivity contribution in [2.24, 2.45) is 11.1 Å². The summed E-state index contributed by atoms with van der Waals surface area (Å²) in [6.45, 7) is 4.23. The Morgan fingerprint density at radius 2 is 2.00 bits per heavy atom. The molecule has 7 nitrogen and oxygen atoms in total. The van der Waals surface area contributed by atoms with E-state index in [1.165, 1.54) is 24.4 Å². The molecule has 0 aliphatic carbocycles. The predicted octanol–water partition coefficient (Wildman–Crippen LogP) is 3.95. The van der Waals surface area contributed by atoms with Gasteiger partial charge in [0.1, 0.15) is 11.6 Å². The molecule has 180 valence electrons. The van der Waals surface area contributed by atoms with E-state index in [1.807, 2.05) is 0 Å². The molecular weight excluding hydrogens is 492 g/mol. The van der Waals surface area contributed by atoms with Crippen LogP contribution in [0.5, 0.6) is 5.75 Å². The zero-order chi connectivity index (χ0) is 24.5. The van der Waals surface area contributed by atoms with E-state index in [0.717, 1.165) is 0 Å². The van der Waals surface area contributed by atoms with Crippen molar-refractivity contribution >= 4 is 40.1 Å². The summed E-state index contributed by atoms with van der Waals surface area (Å²) in [7, 11) is -1.70. The number of hydrogen-bond donors (Lipinski definition) is 3. The number of phenols is 1. The van der Waals surface area contributed by atoms with Gasteiger partial charge in [-0.25, -0.2) is 8.60 Å². The summed E-state index contributed by atoms with van der Waals surface area (Å²) >= 11 is 12.0. The standard InChI is InChI=1S/C22H26Cl2FN3O4S/c1-22(2,33(26)32)10-14(18-16(29)9-15(23)19(24)20(18)25)12-5-7-28(8-6-12)21(31)13-3-4-17(30)27-11-13/h3-4,9,11-12,14,29H,5-8,10,26H2,1-2H3,(H,27,30)/t14-,33?/m1/s1. The molecule has 1 aliphatic heterocycles. The number of carbonyl (C=O) groups is 1. The van der Waals surface area contributed by atoms with Crippen molar-refractivity contribution < 1.29 is 18.5 Å². The van der Waals surface area contributed by atoms with Gasteiger partial charge in [0.25, 0.3) is 5.91 Å². The number of nitrogens with two attached hydrogens (primary N) is 1.